The third-order valence-electron chi connectivity index (χ3n) is 5.60. The fourth-order valence-electron chi connectivity index (χ4n) is 3.97. The van der Waals surface area contributed by atoms with Crippen LogP contribution in [0.25, 0.3) is 0 Å². The fourth-order valence-corrected chi connectivity index (χ4v) is 3.97. The Bertz CT molecular complexity index is 670. The van der Waals surface area contributed by atoms with Gasteiger partial charge in [0.05, 0.1) is 5.69 Å². The SMILES string of the molecule is CN1CCC(N2CCC(NC(=O)Nc3ccccc3OCC(F)(F)F)CC2)CC1. The number of carbonyl (C=O) groups excluding carboxylic acids is 1. The fraction of sp³-hybridized carbons (Fsp3) is 0.650. The van der Waals surface area contributed by atoms with Crippen molar-refractivity contribution in [3.63, 3.8) is 0 Å². The van der Waals surface area contributed by atoms with Gasteiger partial charge in [0.15, 0.2) is 6.61 Å². The summed E-state index contributed by atoms with van der Waals surface area (Å²) >= 11 is 0. The van der Waals surface area contributed by atoms with Gasteiger partial charge in [-0.2, -0.15) is 13.2 Å². The monoisotopic (exact) mass is 414 g/mol. The van der Waals surface area contributed by atoms with Crippen LogP contribution in [0.4, 0.5) is 23.7 Å². The second kappa shape index (κ2) is 9.67. The first-order valence-electron chi connectivity index (χ1n) is 10.1. The summed E-state index contributed by atoms with van der Waals surface area (Å²) in [6.07, 6.45) is -0.331. The number of nitrogens with zero attached hydrogens (tertiary/aromatic N) is 2. The van der Waals surface area contributed by atoms with Gasteiger partial charge in [-0.3, -0.25) is 0 Å². The molecule has 0 spiro atoms. The van der Waals surface area contributed by atoms with Crippen molar-refractivity contribution in [2.45, 2.75) is 43.9 Å². The molecule has 0 aromatic heterocycles. The Morgan fingerprint density at radius 3 is 2.41 bits per heavy atom. The van der Waals surface area contributed by atoms with Gasteiger partial charge >= 0.3 is 12.2 Å². The molecule has 2 amide bonds. The predicted molar refractivity (Wildman–Crippen MR) is 105 cm³/mol. The number of carbonyl (C=O) groups is 1. The molecule has 2 N–H and O–H groups in total. The molecular formula is C20H29F3N4O2. The number of ether oxygens (including phenoxy) is 1. The number of urea groups is 1. The number of halogens is 3. The molecule has 2 aliphatic heterocycles. The number of piperidine rings is 2. The predicted octanol–water partition coefficient (Wildman–Crippen LogP) is 3.31. The first-order valence-corrected chi connectivity index (χ1v) is 10.1. The lowest BCUT2D eigenvalue weighted by atomic mass is 9.98. The number of anilines is 1. The third-order valence-corrected chi connectivity index (χ3v) is 5.60. The maximum atomic E-state index is 12.4. The Kier molecular flexibility index (Phi) is 7.23. The second-order valence-corrected chi connectivity index (χ2v) is 7.84. The summed E-state index contributed by atoms with van der Waals surface area (Å²) in [5.41, 5.74) is 0.220. The van der Waals surface area contributed by atoms with Crippen LogP contribution in [0.3, 0.4) is 0 Å². The average molecular weight is 414 g/mol. The zero-order chi connectivity index (χ0) is 20.9. The Balaban J connectivity index is 1.45. The number of amides is 2. The largest absolute Gasteiger partial charge is 0.482 e. The Labute approximate surface area is 169 Å². The van der Waals surface area contributed by atoms with Crippen molar-refractivity contribution in [3.8, 4) is 5.75 Å². The molecule has 162 valence electrons. The van der Waals surface area contributed by atoms with Crippen LogP contribution in [0.15, 0.2) is 24.3 Å². The molecule has 29 heavy (non-hydrogen) atoms. The van der Waals surface area contributed by atoms with Gasteiger partial charge < -0.3 is 25.2 Å². The van der Waals surface area contributed by atoms with Crippen LogP contribution >= 0.6 is 0 Å². The topological polar surface area (TPSA) is 56.8 Å². The second-order valence-electron chi connectivity index (χ2n) is 7.84. The van der Waals surface area contributed by atoms with E-state index in [1.807, 2.05) is 0 Å². The van der Waals surface area contributed by atoms with E-state index in [0.717, 1.165) is 39.0 Å². The summed E-state index contributed by atoms with van der Waals surface area (Å²) in [7, 11) is 2.15. The highest BCUT2D eigenvalue weighted by Gasteiger charge is 2.30. The molecule has 2 heterocycles. The smallest absolute Gasteiger partial charge is 0.422 e. The summed E-state index contributed by atoms with van der Waals surface area (Å²) in [4.78, 5) is 17.2. The van der Waals surface area contributed by atoms with Crippen LogP contribution in [0.5, 0.6) is 5.75 Å². The van der Waals surface area contributed by atoms with Crippen molar-refractivity contribution in [1.29, 1.82) is 0 Å². The van der Waals surface area contributed by atoms with E-state index in [4.69, 9.17) is 4.74 Å². The average Bonchev–Trinajstić information content (AvgIpc) is 2.68. The minimum absolute atomic E-state index is 0.00272. The molecule has 2 fully saturated rings. The number of rotatable bonds is 5. The molecule has 0 radical (unpaired) electrons. The van der Waals surface area contributed by atoms with Gasteiger partial charge in [0.25, 0.3) is 0 Å². The van der Waals surface area contributed by atoms with Gasteiger partial charge in [-0.25, -0.2) is 4.79 Å². The van der Waals surface area contributed by atoms with Crippen molar-refractivity contribution in [2.24, 2.45) is 0 Å². The molecule has 0 unspecified atom stereocenters. The summed E-state index contributed by atoms with van der Waals surface area (Å²) in [5.74, 6) is -0.00272. The number of para-hydroxylation sites is 2. The molecule has 0 bridgehead atoms. The van der Waals surface area contributed by atoms with Gasteiger partial charge in [0, 0.05) is 25.2 Å². The van der Waals surface area contributed by atoms with Crippen LogP contribution in [0.2, 0.25) is 0 Å². The lowest BCUT2D eigenvalue weighted by Gasteiger charge is -2.41. The molecule has 0 atom stereocenters. The number of alkyl halides is 3. The van der Waals surface area contributed by atoms with Gasteiger partial charge in [0.1, 0.15) is 5.75 Å². The van der Waals surface area contributed by atoms with Crippen molar-refractivity contribution < 1.29 is 22.7 Å². The van der Waals surface area contributed by atoms with E-state index in [-0.39, 0.29) is 17.5 Å². The van der Waals surface area contributed by atoms with Crippen LogP contribution < -0.4 is 15.4 Å². The van der Waals surface area contributed by atoms with Crippen molar-refractivity contribution >= 4 is 11.7 Å². The Morgan fingerprint density at radius 2 is 1.76 bits per heavy atom. The Morgan fingerprint density at radius 1 is 1.10 bits per heavy atom. The molecule has 9 heteroatoms. The van der Waals surface area contributed by atoms with E-state index in [1.54, 1.807) is 12.1 Å². The van der Waals surface area contributed by atoms with Crippen molar-refractivity contribution in [1.82, 2.24) is 15.1 Å². The minimum Gasteiger partial charge on any atom is -0.482 e. The van der Waals surface area contributed by atoms with E-state index in [1.165, 1.54) is 25.0 Å². The van der Waals surface area contributed by atoms with E-state index in [2.05, 4.69) is 27.5 Å². The van der Waals surface area contributed by atoms with Gasteiger partial charge in [-0.1, -0.05) is 12.1 Å². The Hall–Kier alpha value is -2.00. The van der Waals surface area contributed by atoms with E-state index in [0.29, 0.717) is 6.04 Å². The molecule has 1 aromatic carbocycles. The van der Waals surface area contributed by atoms with E-state index < -0.39 is 18.8 Å². The van der Waals surface area contributed by atoms with Crippen LogP contribution in [-0.2, 0) is 0 Å². The maximum Gasteiger partial charge on any atom is 0.422 e. The zero-order valence-electron chi connectivity index (χ0n) is 16.7. The summed E-state index contributed by atoms with van der Waals surface area (Å²) in [5, 5.41) is 5.55. The van der Waals surface area contributed by atoms with Crippen LogP contribution in [-0.4, -0.2) is 73.9 Å². The number of hydrogen-bond acceptors (Lipinski definition) is 4. The lowest BCUT2D eigenvalue weighted by Crippen LogP contribution is -2.51. The van der Waals surface area contributed by atoms with Crippen molar-refractivity contribution in [2.75, 3.05) is 45.2 Å². The molecule has 2 aliphatic rings. The summed E-state index contributed by atoms with van der Waals surface area (Å²) in [6, 6.07) is 6.38. The number of benzene rings is 1. The highest BCUT2D eigenvalue weighted by atomic mass is 19.4. The number of nitrogens with one attached hydrogen (secondary N) is 2. The van der Waals surface area contributed by atoms with E-state index in [9.17, 15) is 18.0 Å². The molecule has 3 rings (SSSR count). The standard InChI is InChI=1S/C20H29F3N4O2/c1-26-10-8-16(9-11-26)27-12-6-15(7-13-27)24-19(28)25-17-4-2-3-5-18(17)29-14-20(21,22)23/h2-5,15-16H,6-14H2,1H3,(H2,24,25,28). The highest BCUT2D eigenvalue weighted by Crippen LogP contribution is 2.26. The van der Waals surface area contributed by atoms with Gasteiger partial charge in [-0.15, -0.1) is 0 Å². The summed E-state index contributed by atoms with van der Waals surface area (Å²) in [6.45, 7) is 2.75. The molecule has 0 saturated carbocycles. The van der Waals surface area contributed by atoms with Gasteiger partial charge in [0.2, 0.25) is 0 Å². The molecular weight excluding hydrogens is 385 g/mol. The first-order chi connectivity index (χ1) is 13.8. The zero-order valence-corrected chi connectivity index (χ0v) is 16.7. The summed E-state index contributed by atoms with van der Waals surface area (Å²) < 4.78 is 42.0. The number of likely N-dealkylation sites (tertiary alicyclic amines) is 2. The van der Waals surface area contributed by atoms with Crippen molar-refractivity contribution in [3.05, 3.63) is 24.3 Å². The molecule has 6 nitrogen and oxygen atoms in total. The minimum atomic E-state index is -4.43. The lowest BCUT2D eigenvalue weighted by molar-refractivity contribution is -0.153. The third kappa shape index (κ3) is 6.78. The van der Waals surface area contributed by atoms with E-state index >= 15 is 0 Å². The maximum absolute atomic E-state index is 12.4. The number of hydrogen-bond donors (Lipinski definition) is 2. The molecule has 0 aliphatic carbocycles. The van der Waals surface area contributed by atoms with Gasteiger partial charge in [-0.05, 0) is 58.0 Å². The first kappa shape index (κ1) is 21.7. The molecule has 1 aromatic rings. The normalized spacial score (nSPS) is 20.4. The highest BCUT2D eigenvalue weighted by molar-refractivity contribution is 5.91. The van der Waals surface area contributed by atoms with Crippen LogP contribution in [0, 0.1) is 0 Å². The quantitative estimate of drug-likeness (QED) is 0.776. The molecule has 2 saturated heterocycles. The van der Waals surface area contributed by atoms with Crippen LogP contribution in [0.1, 0.15) is 25.7 Å².